The van der Waals surface area contributed by atoms with Crippen LogP contribution in [0.15, 0.2) is 30.5 Å². The average molecular weight is 257 g/mol. The molecule has 3 rings (SSSR count). The number of carbonyl (C=O) groups is 1. The van der Waals surface area contributed by atoms with E-state index in [4.69, 9.17) is 5.11 Å². The quantitative estimate of drug-likeness (QED) is 0.905. The van der Waals surface area contributed by atoms with E-state index in [1.807, 2.05) is 12.1 Å². The van der Waals surface area contributed by atoms with E-state index in [0.717, 1.165) is 5.56 Å². The number of hydrogen-bond acceptors (Lipinski definition) is 1. The van der Waals surface area contributed by atoms with Crippen LogP contribution in [-0.2, 0) is 11.2 Å². The molecular weight excluding hydrogens is 238 g/mol. The Bertz CT molecular complexity index is 594. The minimum Gasteiger partial charge on any atom is -0.481 e. The molecule has 3 heteroatoms. The van der Waals surface area contributed by atoms with Gasteiger partial charge in [-0.05, 0) is 37.0 Å². The minimum absolute atomic E-state index is 0.202. The molecule has 0 saturated heterocycles. The lowest BCUT2D eigenvalue weighted by molar-refractivity contribution is -0.136. The van der Waals surface area contributed by atoms with E-state index >= 15 is 0 Å². The van der Waals surface area contributed by atoms with Crippen molar-refractivity contribution in [2.75, 3.05) is 0 Å². The number of fused-ring (bicyclic) bond motifs is 1. The molecule has 0 radical (unpaired) electrons. The van der Waals surface area contributed by atoms with Gasteiger partial charge in [0.25, 0.3) is 0 Å². The van der Waals surface area contributed by atoms with Gasteiger partial charge in [0, 0.05) is 29.6 Å². The third-order valence-electron chi connectivity index (χ3n) is 4.18. The molecule has 0 atom stereocenters. The summed E-state index contributed by atoms with van der Waals surface area (Å²) in [6.07, 6.45) is 8.17. The molecule has 0 unspecified atom stereocenters. The molecule has 1 heterocycles. The molecule has 19 heavy (non-hydrogen) atoms. The summed E-state index contributed by atoms with van der Waals surface area (Å²) in [5, 5.41) is 10.0. The summed E-state index contributed by atoms with van der Waals surface area (Å²) in [7, 11) is 0. The molecule has 1 fully saturated rings. The van der Waals surface area contributed by atoms with Crippen molar-refractivity contribution in [2.45, 2.75) is 44.6 Å². The molecule has 1 aliphatic carbocycles. The molecule has 0 amide bonds. The zero-order chi connectivity index (χ0) is 13.2. The number of nitrogens with zero attached hydrogens (tertiary/aromatic N) is 1. The maximum atomic E-state index is 10.7. The Morgan fingerprint density at radius 3 is 2.79 bits per heavy atom. The van der Waals surface area contributed by atoms with Crippen LogP contribution in [-0.4, -0.2) is 15.6 Å². The number of aliphatic carboxylic acids is 1. The van der Waals surface area contributed by atoms with Crippen molar-refractivity contribution in [3.05, 3.63) is 36.0 Å². The Kier molecular flexibility index (Phi) is 3.28. The Morgan fingerprint density at radius 2 is 2.05 bits per heavy atom. The van der Waals surface area contributed by atoms with Gasteiger partial charge in [-0.15, -0.1) is 0 Å². The van der Waals surface area contributed by atoms with Crippen LogP contribution in [0.2, 0.25) is 0 Å². The molecule has 1 aromatic carbocycles. The second-order valence-electron chi connectivity index (χ2n) is 5.40. The van der Waals surface area contributed by atoms with Crippen molar-refractivity contribution in [2.24, 2.45) is 0 Å². The van der Waals surface area contributed by atoms with Gasteiger partial charge in [0.05, 0.1) is 0 Å². The highest BCUT2D eigenvalue weighted by Gasteiger charge is 2.18. The summed E-state index contributed by atoms with van der Waals surface area (Å²) in [4.78, 5) is 10.7. The number of benzene rings is 1. The summed E-state index contributed by atoms with van der Waals surface area (Å²) >= 11 is 0. The Morgan fingerprint density at radius 1 is 1.26 bits per heavy atom. The van der Waals surface area contributed by atoms with E-state index in [2.05, 4.69) is 22.9 Å². The van der Waals surface area contributed by atoms with Crippen LogP contribution < -0.4 is 0 Å². The van der Waals surface area contributed by atoms with Gasteiger partial charge in [0.2, 0.25) is 0 Å². The van der Waals surface area contributed by atoms with Crippen LogP contribution in [0, 0.1) is 0 Å². The Labute approximate surface area is 112 Å². The molecule has 1 N–H and O–H groups in total. The average Bonchev–Trinajstić information content (AvgIpc) is 3.04. The van der Waals surface area contributed by atoms with Gasteiger partial charge < -0.3 is 9.67 Å². The maximum absolute atomic E-state index is 10.7. The smallest absolute Gasteiger partial charge is 0.303 e. The molecule has 2 aromatic rings. The highest BCUT2D eigenvalue weighted by molar-refractivity contribution is 5.84. The van der Waals surface area contributed by atoms with Gasteiger partial charge in [-0.1, -0.05) is 25.0 Å². The number of aromatic nitrogens is 1. The van der Waals surface area contributed by atoms with Crippen molar-refractivity contribution in [1.29, 1.82) is 0 Å². The molecule has 1 aromatic heterocycles. The van der Waals surface area contributed by atoms with E-state index in [9.17, 15) is 4.79 Å². The van der Waals surface area contributed by atoms with Crippen molar-refractivity contribution in [1.82, 2.24) is 4.57 Å². The van der Waals surface area contributed by atoms with Crippen molar-refractivity contribution >= 4 is 16.9 Å². The molecule has 100 valence electrons. The lowest BCUT2D eigenvalue weighted by Gasteiger charge is -2.13. The van der Waals surface area contributed by atoms with Crippen LogP contribution in [0.25, 0.3) is 10.9 Å². The van der Waals surface area contributed by atoms with E-state index in [1.54, 1.807) is 0 Å². The third-order valence-corrected chi connectivity index (χ3v) is 4.18. The molecule has 1 saturated carbocycles. The summed E-state index contributed by atoms with van der Waals surface area (Å²) < 4.78 is 2.38. The molecule has 0 spiro atoms. The Hall–Kier alpha value is -1.77. The van der Waals surface area contributed by atoms with Crippen LogP contribution in [0.1, 0.15) is 43.7 Å². The predicted octanol–water partition coefficient (Wildman–Crippen LogP) is 3.77. The van der Waals surface area contributed by atoms with Crippen molar-refractivity contribution < 1.29 is 9.90 Å². The number of carboxylic acids is 1. The molecule has 3 nitrogen and oxygen atoms in total. The fourth-order valence-electron chi connectivity index (χ4n) is 3.21. The van der Waals surface area contributed by atoms with Crippen LogP contribution >= 0.6 is 0 Å². The van der Waals surface area contributed by atoms with Gasteiger partial charge in [-0.25, -0.2) is 0 Å². The lowest BCUT2D eigenvalue weighted by atomic mass is 10.1. The molecule has 0 bridgehead atoms. The molecule has 0 aliphatic heterocycles. The maximum Gasteiger partial charge on any atom is 0.303 e. The van der Waals surface area contributed by atoms with Crippen LogP contribution in [0.3, 0.4) is 0 Å². The van der Waals surface area contributed by atoms with Gasteiger partial charge in [-0.3, -0.25) is 4.79 Å². The van der Waals surface area contributed by atoms with E-state index in [0.29, 0.717) is 12.5 Å². The van der Waals surface area contributed by atoms with Gasteiger partial charge >= 0.3 is 5.97 Å². The number of rotatable bonds is 4. The van der Waals surface area contributed by atoms with Gasteiger partial charge in [-0.2, -0.15) is 0 Å². The van der Waals surface area contributed by atoms with Gasteiger partial charge in [0.1, 0.15) is 0 Å². The van der Waals surface area contributed by atoms with Gasteiger partial charge in [0.15, 0.2) is 0 Å². The number of hydrogen-bond donors (Lipinski definition) is 1. The number of carboxylic acid groups (broad SMARTS) is 1. The number of aryl methyl sites for hydroxylation is 1. The first-order valence-corrected chi connectivity index (χ1v) is 7.06. The first-order chi connectivity index (χ1) is 9.25. The third kappa shape index (κ3) is 2.37. The Balaban J connectivity index is 1.95. The van der Waals surface area contributed by atoms with Crippen LogP contribution in [0.5, 0.6) is 0 Å². The SMILES string of the molecule is O=C(O)CCc1cccc2c1ccn2C1CCCC1. The second-order valence-corrected chi connectivity index (χ2v) is 5.40. The first-order valence-electron chi connectivity index (χ1n) is 7.06. The first kappa shape index (κ1) is 12.3. The normalized spacial score (nSPS) is 16.2. The molecular formula is C16H19NO2. The largest absolute Gasteiger partial charge is 0.481 e. The second kappa shape index (κ2) is 5.08. The summed E-state index contributed by atoms with van der Waals surface area (Å²) in [5.41, 5.74) is 2.41. The van der Waals surface area contributed by atoms with Crippen molar-refractivity contribution in [3.8, 4) is 0 Å². The minimum atomic E-state index is -0.729. The summed E-state index contributed by atoms with van der Waals surface area (Å²) in [6, 6.07) is 9.02. The summed E-state index contributed by atoms with van der Waals surface area (Å²) in [5.74, 6) is -0.729. The highest BCUT2D eigenvalue weighted by atomic mass is 16.4. The zero-order valence-corrected chi connectivity index (χ0v) is 11.0. The van der Waals surface area contributed by atoms with Crippen molar-refractivity contribution in [3.63, 3.8) is 0 Å². The lowest BCUT2D eigenvalue weighted by Crippen LogP contribution is -2.03. The monoisotopic (exact) mass is 257 g/mol. The molecule has 1 aliphatic rings. The zero-order valence-electron chi connectivity index (χ0n) is 11.0. The fourth-order valence-corrected chi connectivity index (χ4v) is 3.21. The topological polar surface area (TPSA) is 42.2 Å². The predicted molar refractivity (Wildman–Crippen MR) is 75.4 cm³/mol. The standard InChI is InChI=1S/C16H19NO2/c18-16(19)9-8-12-4-3-7-15-14(12)10-11-17(15)13-5-1-2-6-13/h3-4,7,10-11,13H,1-2,5-6,8-9H2,(H,18,19). The van der Waals surface area contributed by atoms with E-state index in [1.165, 1.54) is 36.6 Å². The van der Waals surface area contributed by atoms with Crippen LogP contribution in [0.4, 0.5) is 0 Å². The summed E-state index contributed by atoms with van der Waals surface area (Å²) in [6.45, 7) is 0. The van der Waals surface area contributed by atoms with E-state index < -0.39 is 5.97 Å². The fraction of sp³-hybridized carbons (Fsp3) is 0.438. The highest BCUT2D eigenvalue weighted by Crippen LogP contribution is 2.33. The van der Waals surface area contributed by atoms with E-state index in [-0.39, 0.29) is 6.42 Å².